The fraction of sp³-hybridized carbons (Fsp3) is 0.267. The Labute approximate surface area is 108 Å². The molecule has 0 amide bonds. The van der Waals surface area contributed by atoms with E-state index in [9.17, 15) is 0 Å². The Morgan fingerprint density at radius 2 is 2.00 bits per heavy atom. The maximum absolute atomic E-state index is 5.87. The van der Waals surface area contributed by atoms with Crippen LogP contribution in [0.15, 0.2) is 42.6 Å². The van der Waals surface area contributed by atoms with Crippen molar-refractivity contribution in [2.75, 3.05) is 11.1 Å². The number of aryl methyl sites for hydroxylation is 1. The molecule has 0 spiro atoms. The molecule has 1 aromatic carbocycles. The van der Waals surface area contributed by atoms with Gasteiger partial charge >= 0.3 is 0 Å². The molecule has 3 N–H and O–H groups in total. The van der Waals surface area contributed by atoms with Crippen LogP contribution >= 0.6 is 0 Å². The molecule has 2 aromatic rings. The molecule has 3 nitrogen and oxygen atoms in total. The van der Waals surface area contributed by atoms with E-state index in [2.05, 4.69) is 41.5 Å². The predicted molar refractivity (Wildman–Crippen MR) is 76.6 cm³/mol. The van der Waals surface area contributed by atoms with Crippen molar-refractivity contribution in [2.45, 2.75) is 26.3 Å². The zero-order valence-electron chi connectivity index (χ0n) is 10.9. The number of nitrogens with one attached hydrogen (secondary N) is 1. The highest BCUT2D eigenvalue weighted by Gasteiger charge is 2.05. The van der Waals surface area contributed by atoms with Gasteiger partial charge in [0.1, 0.15) is 5.82 Å². The molecule has 0 saturated carbocycles. The summed E-state index contributed by atoms with van der Waals surface area (Å²) < 4.78 is 0. The van der Waals surface area contributed by atoms with Gasteiger partial charge in [-0.25, -0.2) is 4.98 Å². The van der Waals surface area contributed by atoms with Gasteiger partial charge in [0.05, 0.1) is 0 Å². The summed E-state index contributed by atoms with van der Waals surface area (Å²) in [4.78, 5) is 4.33. The lowest BCUT2D eigenvalue weighted by Gasteiger charge is -2.15. The smallest absolute Gasteiger partial charge is 0.128 e. The summed E-state index contributed by atoms with van der Waals surface area (Å²) >= 11 is 0. The average Bonchev–Trinajstić information content (AvgIpc) is 2.35. The Morgan fingerprint density at radius 3 is 2.67 bits per heavy atom. The number of nitrogens with two attached hydrogens (primary N) is 1. The number of hydrogen-bond donors (Lipinski definition) is 2. The van der Waals surface area contributed by atoms with Crippen molar-refractivity contribution in [2.24, 2.45) is 0 Å². The van der Waals surface area contributed by atoms with Crippen molar-refractivity contribution in [1.82, 2.24) is 4.98 Å². The van der Waals surface area contributed by atoms with Gasteiger partial charge in [0.25, 0.3) is 0 Å². The minimum atomic E-state index is 0.321. The molecule has 0 aliphatic heterocycles. The first-order chi connectivity index (χ1) is 8.65. The van der Waals surface area contributed by atoms with E-state index in [1.807, 2.05) is 19.1 Å². The fourth-order valence-electron chi connectivity index (χ4n) is 1.89. The Kier molecular flexibility index (Phi) is 3.82. The number of rotatable bonds is 4. The number of aromatic nitrogens is 1. The molecule has 0 bridgehead atoms. The van der Waals surface area contributed by atoms with Gasteiger partial charge in [-0.15, -0.1) is 0 Å². The fourth-order valence-corrected chi connectivity index (χ4v) is 1.89. The first-order valence-electron chi connectivity index (χ1n) is 6.18. The Bertz CT molecular complexity index is 508. The lowest BCUT2D eigenvalue weighted by molar-refractivity contribution is 0.784. The Morgan fingerprint density at radius 1 is 1.28 bits per heavy atom. The van der Waals surface area contributed by atoms with Gasteiger partial charge in [-0.05, 0) is 31.4 Å². The lowest BCUT2D eigenvalue weighted by atomic mass is 10.1. The van der Waals surface area contributed by atoms with Crippen LogP contribution in [0.1, 0.15) is 18.1 Å². The Balaban J connectivity index is 1.99. The molecule has 1 unspecified atom stereocenters. The molecule has 1 aromatic heterocycles. The summed E-state index contributed by atoms with van der Waals surface area (Å²) in [5.41, 5.74) is 8.97. The highest BCUT2D eigenvalue weighted by molar-refractivity contribution is 5.53. The highest BCUT2D eigenvalue weighted by Crippen LogP contribution is 2.15. The minimum absolute atomic E-state index is 0.321. The van der Waals surface area contributed by atoms with E-state index in [-0.39, 0.29) is 0 Å². The summed E-state index contributed by atoms with van der Waals surface area (Å²) in [5, 5.41) is 3.37. The average molecular weight is 241 g/mol. The van der Waals surface area contributed by atoms with Gasteiger partial charge in [0.15, 0.2) is 0 Å². The minimum Gasteiger partial charge on any atom is -0.398 e. The van der Waals surface area contributed by atoms with Crippen LogP contribution in [-0.4, -0.2) is 11.0 Å². The monoisotopic (exact) mass is 241 g/mol. The SMILES string of the molecule is Cc1cnc(NC(C)Cc2ccccc2)cc1N. The van der Waals surface area contributed by atoms with Crippen molar-refractivity contribution in [3.05, 3.63) is 53.7 Å². The van der Waals surface area contributed by atoms with E-state index in [1.54, 1.807) is 6.20 Å². The third-order valence-corrected chi connectivity index (χ3v) is 2.92. The first kappa shape index (κ1) is 12.4. The number of nitrogens with zero attached hydrogens (tertiary/aromatic N) is 1. The summed E-state index contributed by atoms with van der Waals surface area (Å²) in [7, 11) is 0. The van der Waals surface area contributed by atoms with Gasteiger partial charge < -0.3 is 11.1 Å². The molecule has 94 valence electrons. The number of hydrogen-bond acceptors (Lipinski definition) is 3. The first-order valence-corrected chi connectivity index (χ1v) is 6.18. The normalized spacial score (nSPS) is 12.1. The molecular formula is C15H19N3. The van der Waals surface area contributed by atoms with Crippen molar-refractivity contribution in [3.63, 3.8) is 0 Å². The van der Waals surface area contributed by atoms with Crippen LogP contribution in [0.25, 0.3) is 0 Å². The van der Waals surface area contributed by atoms with Crippen LogP contribution in [0.3, 0.4) is 0 Å². The zero-order chi connectivity index (χ0) is 13.0. The third kappa shape index (κ3) is 3.23. The standard InChI is InChI=1S/C15H19N3/c1-11-10-17-15(9-14(11)16)18-12(2)8-13-6-4-3-5-7-13/h3-7,9-10,12H,8H2,1-2H3,(H3,16,17,18). The molecule has 18 heavy (non-hydrogen) atoms. The van der Waals surface area contributed by atoms with Gasteiger partial charge in [-0.3, -0.25) is 0 Å². The molecule has 0 aliphatic carbocycles. The largest absolute Gasteiger partial charge is 0.398 e. The molecule has 3 heteroatoms. The summed E-state index contributed by atoms with van der Waals surface area (Å²) in [6.45, 7) is 4.10. The summed E-state index contributed by atoms with van der Waals surface area (Å²) in [6, 6.07) is 12.6. The lowest BCUT2D eigenvalue weighted by Crippen LogP contribution is -2.19. The maximum Gasteiger partial charge on any atom is 0.128 e. The molecule has 0 aliphatic rings. The second-order valence-electron chi connectivity index (χ2n) is 4.66. The maximum atomic E-state index is 5.87. The van der Waals surface area contributed by atoms with E-state index >= 15 is 0 Å². The predicted octanol–water partition coefficient (Wildman–Crippen LogP) is 3.02. The zero-order valence-corrected chi connectivity index (χ0v) is 10.9. The van der Waals surface area contributed by atoms with E-state index in [1.165, 1.54) is 5.56 Å². The number of nitrogen functional groups attached to an aromatic ring is 1. The molecule has 0 radical (unpaired) electrons. The van der Waals surface area contributed by atoms with E-state index in [0.29, 0.717) is 6.04 Å². The highest BCUT2D eigenvalue weighted by atomic mass is 15.0. The second kappa shape index (κ2) is 5.54. The molecule has 0 saturated heterocycles. The van der Waals surface area contributed by atoms with E-state index in [4.69, 9.17) is 5.73 Å². The van der Waals surface area contributed by atoms with Crippen molar-refractivity contribution >= 4 is 11.5 Å². The van der Waals surface area contributed by atoms with Gasteiger partial charge in [-0.2, -0.15) is 0 Å². The van der Waals surface area contributed by atoms with Gasteiger partial charge in [0.2, 0.25) is 0 Å². The van der Waals surface area contributed by atoms with Crippen molar-refractivity contribution < 1.29 is 0 Å². The second-order valence-corrected chi connectivity index (χ2v) is 4.66. The molecule has 2 rings (SSSR count). The number of benzene rings is 1. The van der Waals surface area contributed by atoms with Gasteiger partial charge in [-0.1, -0.05) is 30.3 Å². The van der Waals surface area contributed by atoms with Crippen LogP contribution < -0.4 is 11.1 Å². The molecule has 0 fully saturated rings. The van der Waals surface area contributed by atoms with Crippen LogP contribution in [0.2, 0.25) is 0 Å². The Hall–Kier alpha value is -2.03. The van der Waals surface area contributed by atoms with Crippen molar-refractivity contribution in [1.29, 1.82) is 0 Å². The van der Waals surface area contributed by atoms with E-state index in [0.717, 1.165) is 23.5 Å². The topological polar surface area (TPSA) is 50.9 Å². The molecular weight excluding hydrogens is 222 g/mol. The molecule has 1 heterocycles. The van der Waals surface area contributed by atoms with Gasteiger partial charge in [0, 0.05) is 24.0 Å². The van der Waals surface area contributed by atoms with Crippen molar-refractivity contribution in [3.8, 4) is 0 Å². The summed E-state index contributed by atoms with van der Waals surface area (Å²) in [6.07, 6.45) is 2.77. The van der Waals surface area contributed by atoms with Crippen LogP contribution in [0.4, 0.5) is 11.5 Å². The third-order valence-electron chi connectivity index (χ3n) is 2.92. The molecule has 1 atom stereocenters. The summed E-state index contributed by atoms with van der Waals surface area (Å²) in [5.74, 6) is 0.835. The van der Waals surface area contributed by atoms with Crippen LogP contribution in [0.5, 0.6) is 0 Å². The van der Waals surface area contributed by atoms with Crippen LogP contribution in [0, 0.1) is 6.92 Å². The van der Waals surface area contributed by atoms with Crippen LogP contribution in [-0.2, 0) is 6.42 Å². The number of anilines is 2. The van der Waals surface area contributed by atoms with E-state index < -0.39 is 0 Å². The quantitative estimate of drug-likeness (QED) is 0.865. The number of pyridine rings is 1.